The average molecular weight is 356 g/mol. The number of hydrogen-bond donors (Lipinski definition) is 1. The number of nitriles is 1. The second-order valence-corrected chi connectivity index (χ2v) is 6.20. The van der Waals surface area contributed by atoms with Crippen LogP contribution in [0.1, 0.15) is 5.69 Å². The third-order valence-electron chi connectivity index (χ3n) is 2.34. The maximum atomic E-state index is 13.1. The number of benzene rings is 1. The molecule has 0 saturated carbocycles. The lowest BCUT2D eigenvalue weighted by Gasteiger charge is -2.09. The molecule has 8 heteroatoms. The fraction of sp³-hybridized carbons (Fsp3) is 0. The van der Waals surface area contributed by atoms with E-state index in [-0.39, 0.29) is 20.7 Å². The zero-order valence-electron chi connectivity index (χ0n) is 9.84. The molecule has 5 nitrogen and oxygen atoms in total. The van der Waals surface area contributed by atoms with Crippen molar-refractivity contribution >= 4 is 31.6 Å². The summed E-state index contributed by atoms with van der Waals surface area (Å²) >= 11 is 2.96. The highest BCUT2D eigenvalue weighted by molar-refractivity contribution is 9.10. The van der Waals surface area contributed by atoms with Gasteiger partial charge in [-0.15, -0.1) is 0 Å². The number of anilines is 1. The Morgan fingerprint density at radius 2 is 2.10 bits per heavy atom. The molecule has 20 heavy (non-hydrogen) atoms. The monoisotopic (exact) mass is 355 g/mol. The fourth-order valence-electron chi connectivity index (χ4n) is 1.46. The van der Waals surface area contributed by atoms with Crippen molar-refractivity contribution in [1.29, 1.82) is 5.26 Å². The maximum absolute atomic E-state index is 13.1. The smallest absolute Gasteiger partial charge is 0.264 e. The predicted octanol–water partition coefficient (Wildman–Crippen LogP) is 2.66. The molecule has 0 spiro atoms. The summed E-state index contributed by atoms with van der Waals surface area (Å²) < 4.78 is 39.8. The van der Waals surface area contributed by atoms with E-state index in [0.717, 1.165) is 6.07 Å². The first-order valence-electron chi connectivity index (χ1n) is 5.27. The Balaban J connectivity index is 2.41. The second-order valence-electron chi connectivity index (χ2n) is 3.70. The van der Waals surface area contributed by atoms with Crippen LogP contribution in [0.3, 0.4) is 0 Å². The number of aromatic nitrogens is 1. The van der Waals surface area contributed by atoms with Crippen molar-refractivity contribution in [2.75, 3.05) is 4.72 Å². The van der Waals surface area contributed by atoms with E-state index in [2.05, 4.69) is 25.6 Å². The van der Waals surface area contributed by atoms with Gasteiger partial charge < -0.3 is 0 Å². The van der Waals surface area contributed by atoms with E-state index < -0.39 is 15.8 Å². The topological polar surface area (TPSA) is 82.8 Å². The Bertz CT molecular complexity index is 803. The number of sulfonamides is 1. The summed E-state index contributed by atoms with van der Waals surface area (Å²) in [6, 6.07) is 8.08. The minimum Gasteiger partial charge on any atom is -0.280 e. The molecule has 1 N–H and O–H groups in total. The van der Waals surface area contributed by atoms with Gasteiger partial charge >= 0.3 is 0 Å². The van der Waals surface area contributed by atoms with Crippen molar-refractivity contribution in [1.82, 2.24) is 4.98 Å². The van der Waals surface area contributed by atoms with Crippen LogP contribution in [0.4, 0.5) is 10.1 Å². The van der Waals surface area contributed by atoms with Crippen LogP contribution in [0, 0.1) is 17.1 Å². The molecule has 102 valence electrons. The number of nitrogens with zero attached hydrogens (tertiary/aromatic N) is 2. The van der Waals surface area contributed by atoms with Gasteiger partial charge in [0.1, 0.15) is 16.8 Å². The van der Waals surface area contributed by atoms with Gasteiger partial charge in [0.2, 0.25) is 0 Å². The van der Waals surface area contributed by atoms with E-state index in [0.29, 0.717) is 0 Å². The molecular weight excluding hydrogens is 349 g/mol. The Kier molecular flexibility index (Phi) is 4.01. The average Bonchev–Trinajstić information content (AvgIpc) is 2.42. The molecule has 0 saturated heterocycles. The van der Waals surface area contributed by atoms with Crippen LogP contribution in [0.25, 0.3) is 0 Å². The lowest BCUT2D eigenvalue weighted by molar-refractivity contribution is 0.600. The Labute approximate surface area is 123 Å². The van der Waals surface area contributed by atoms with Crippen molar-refractivity contribution in [3.05, 3.63) is 52.5 Å². The quantitative estimate of drug-likeness (QED) is 0.917. The van der Waals surface area contributed by atoms with Gasteiger partial charge in [0, 0.05) is 6.20 Å². The molecule has 0 radical (unpaired) electrons. The molecule has 1 aromatic carbocycles. The number of pyridine rings is 1. The number of nitrogens with one attached hydrogen (secondary N) is 1. The highest BCUT2D eigenvalue weighted by atomic mass is 79.9. The summed E-state index contributed by atoms with van der Waals surface area (Å²) in [5, 5.41) is 8.87. The largest absolute Gasteiger partial charge is 0.280 e. The second kappa shape index (κ2) is 5.56. The molecule has 0 bridgehead atoms. The van der Waals surface area contributed by atoms with Crippen LogP contribution in [-0.4, -0.2) is 13.4 Å². The molecule has 0 unspecified atom stereocenters. The zero-order valence-corrected chi connectivity index (χ0v) is 12.2. The molecule has 2 aromatic rings. The summed E-state index contributed by atoms with van der Waals surface area (Å²) in [6.07, 6.45) is 1.33. The first-order valence-corrected chi connectivity index (χ1v) is 7.54. The highest BCUT2D eigenvalue weighted by Gasteiger charge is 2.19. The Hall–Kier alpha value is -1.98. The summed E-state index contributed by atoms with van der Waals surface area (Å²) in [6.45, 7) is 0. The van der Waals surface area contributed by atoms with Crippen LogP contribution in [-0.2, 0) is 10.0 Å². The third kappa shape index (κ3) is 2.95. The molecule has 0 aliphatic rings. The number of halogens is 2. The zero-order chi connectivity index (χ0) is 14.8. The maximum Gasteiger partial charge on any atom is 0.264 e. The molecule has 0 aliphatic carbocycles. The lowest BCUT2D eigenvalue weighted by atomic mass is 10.3. The van der Waals surface area contributed by atoms with Gasteiger partial charge in [-0.2, -0.15) is 5.26 Å². The summed E-state index contributed by atoms with van der Waals surface area (Å²) in [5.41, 5.74) is -0.0350. The highest BCUT2D eigenvalue weighted by Crippen LogP contribution is 2.23. The van der Waals surface area contributed by atoms with Crippen LogP contribution >= 0.6 is 15.9 Å². The van der Waals surface area contributed by atoms with E-state index in [9.17, 15) is 12.8 Å². The van der Waals surface area contributed by atoms with Gasteiger partial charge in [0.15, 0.2) is 5.69 Å². The van der Waals surface area contributed by atoms with Crippen LogP contribution < -0.4 is 4.72 Å². The molecule has 0 amide bonds. The normalized spacial score (nSPS) is 10.8. The molecule has 0 aliphatic heterocycles. The number of hydrogen-bond acceptors (Lipinski definition) is 4. The molecule has 0 fully saturated rings. The molecule has 1 aromatic heterocycles. The van der Waals surface area contributed by atoms with E-state index in [1.54, 1.807) is 6.07 Å². The van der Waals surface area contributed by atoms with Gasteiger partial charge in [-0.3, -0.25) is 4.72 Å². The lowest BCUT2D eigenvalue weighted by Crippen LogP contribution is -2.15. The summed E-state index contributed by atoms with van der Waals surface area (Å²) in [5.74, 6) is -0.507. The van der Waals surface area contributed by atoms with Gasteiger partial charge in [0.05, 0.1) is 10.2 Å². The van der Waals surface area contributed by atoms with E-state index in [1.165, 1.54) is 30.5 Å². The van der Waals surface area contributed by atoms with Crippen molar-refractivity contribution in [2.24, 2.45) is 0 Å². The molecule has 0 atom stereocenters. The predicted molar refractivity (Wildman–Crippen MR) is 73.9 cm³/mol. The summed E-state index contributed by atoms with van der Waals surface area (Å²) in [4.78, 5) is 3.45. The Morgan fingerprint density at radius 3 is 2.75 bits per heavy atom. The summed E-state index contributed by atoms with van der Waals surface area (Å²) in [7, 11) is -3.96. The van der Waals surface area contributed by atoms with Crippen molar-refractivity contribution < 1.29 is 12.8 Å². The minimum absolute atomic E-state index is 0.129. The van der Waals surface area contributed by atoms with E-state index in [4.69, 9.17) is 5.26 Å². The van der Waals surface area contributed by atoms with Crippen molar-refractivity contribution in [2.45, 2.75) is 4.90 Å². The van der Waals surface area contributed by atoms with Gasteiger partial charge in [0.25, 0.3) is 10.0 Å². The number of rotatable bonds is 3. The first kappa shape index (κ1) is 14.4. The molecular formula is C12H7BrFN3O2S. The first-order chi connectivity index (χ1) is 9.44. The van der Waals surface area contributed by atoms with Crippen LogP contribution in [0.2, 0.25) is 0 Å². The van der Waals surface area contributed by atoms with Gasteiger partial charge in [-0.25, -0.2) is 17.8 Å². The van der Waals surface area contributed by atoms with E-state index >= 15 is 0 Å². The van der Waals surface area contributed by atoms with Crippen LogP contribution in [0.15, 0.2) is 45.9 Å². The standard InChI is InChI=1S/C12H7BrFN3O2S/c13-9-6-8(3-4-10(9)14)17-20(18,19)12-2-1-5-16-11(12)7-15/h1-6,17H. The van der Waals surface area contributed by atoms with Gasteiger partial charge in [-0.1, -0.05) is 0 Å². The Morgan fingerprint density at radius 1 is 1.35 bits per heavy atom. The molecule has 2 rings (SSSR count). The van der Waals surface area contributed by atoms with Crippen molar-refractivity contribution in [3.8, 4) is 6.07 Å². The van der Waals surface area contributed by atoms with Crippen molar-refractivity contribution in [3.63, 3.8) is 0 Å². The van der Waals surface area contributed by atoms with Gasteiger partial charge in [-0.05, 0) is 46.3 Å². The molecule has 1 heterocycles. The van der Waals surface area contributed by atoms with E-state index in [1.807, 2.05) is 0 Å². The minimum atomic E-state index is -3.96. The van der Waals surface area contributed by atoms with Crippen LogP contribution in [0.5, 0.6) is 0 Å². The third-order valence-corrected chi connectivity index (χ3v) is 4.36. The SMILES string of the molecule is N#Cc1ncccc1S(=O)(=O)Nc1ccc(F)c(Br)c1. The fourth-order valence-corrected chi connectivity index (χ4v) is 3.00.